The zero-order chi connectivity index (χ0) is 14.4. The lowest BCUT2D eigenvalue weighted by Gasteiger charge is -2.11. The van der Waals surface area contributed by atoms with Crippen LogP contribution in [0.4, 0.5) is 4.39 Å². The third-order valence-corrected chi connectivity index (χ3v) is 2.83. The van der Waals surface area contributed by atoms with E-state index in [0.717, 1.165) is 11.3 Å². The molecular weight excluding hydrogens is 259 g/mol. The molecule has 0 saturated heterocycles. The number of guanidine groups is 1. The number of hydrogen-bond acceptors (Lipinski definition) is 3. The number of aliphatic imine (C=N–C) groups is 1. The van der Waals surface area contributed by atoms with E-state index in [9.17, 15) is 4.39 Å². The number of hydrogen-bond donors (Lipinski definition) is 2. The molecule has 0 amide bonds. The zero-order valence-corrected chi connectivity index (χ0v) is 11.5. The van der Waals surface area contributed by atoms with Crippen molar-refractivity contribution >= 4 is 5.96 Å². The summed E-state index contributed by atoms with van der Waals surface area (Å²) in [6.07, 6.45) is 1.52. The van der Waals surface area contributed by atoms with Crippen LogP contribution in [0.3, 0.4) is 0 Å². The highest BCUT2D eigenvalue weighted by molar-refractivity contribution is 5.79. The van der Waals surface area contributed by atoms with Gasteiger partial charge in [-0.25, -0.2) is 4.39 Å². The number of aromatic nitrogens is 1. The van der Waals surface area contributed by atoms with Crippen LogP contribution < -0.4 is 10.6 Å². The van der Waals surface area contributed by atoms with Crippen molar-refractivity contribution in [1.29, 1.82) is 0 Å². The van der Waals surface area contributed by atoms with Crippen molar-refractivity contribution < 1.29 is 8.91 Å². The van der Waals surface area contributed by atoms with Crippen molar-refractivity contribution in [1.82, 2.24) is 15.8 Å². The number of rotatable bonds is 4. The molecule has 0 unspecified atom stereocenters. The Morgan fingerprint density at radius 2 is 2.10 bits per heavy atom. The van der Waals surface area contributed by atoms with E-state index in [2.05, 4.69) is 20.8 Å². The minimum atomic E-state index is -0.192. The molecule has 20 heavy (non-hydrogen) atoms. The van der Waals surface area contributed by atoms with Gasteiger partial charge in [-0.1, -0.05) is 17.3 Å². The average Bonchev–Trinajstić information content (AvgIpc) is 2.96. The predicted octanol–water partition coefficient (Wildman–Crippen LogP) is 1.99. The Bertz CT molecular complexity index is 581. The smallest absolute Gasteiger partial charge is 0.191 e. The van der Waals surface area contributed by atoms with E-state index in [0.29, 0.717) is 24.6 Å². The summed E-state index contributed by atoms with van der Waals surface area (Å²) >= 11 is 0. The summed E-state index contributed by atoms with van der Waals surface area (Å²) in [6, 6.07) is 6.81. The lowest BCUT2D eigenvalue weighted by molar-refractivity contribution is 0.410. The number of nitrogens with one attached hydrogen (secondary N) is 2. The molecule has 0 fully saturated rings. The molecule has 5 nitrogen and oxygen atoms in total. The van der Waals surface area contributed by atoms with Gasteiger partial charge in [0.25, 0.3) is 0 Å². The SMILES string of the molecule is CN=C(NCc1ccc(F)c(C)c1)NCc1ccon1. The molecular formula is C14H17FN4O. The van der Waals surface area contributed by atoms with Gasteiger partial charge in [-0.05, 0) is 24.1 Å². The van der Waals surface area contributed by atoms with Crippen LogP contribution >= 0.6 is 0 Å². The third kappa shape index (κ3) is 3.81. The normalized spacial score (nSPS) is 11.4. The lowest BCUT2D eigenvalue weighted by Crippen LogP contribution is -2.36. The van der Waals surface area contributed by atoms with Gasteiger partial charge >= 0.3 is 0 Å². The van der Waals surface area contributed by atoms with Crippen LogP contribution in [0.2, 0.25) is 0 Å². The van der Waals surface area contributed by atoms with E-state index in [1.165, 1.54) is 12.3 Å². The summed E-state index contributed by atoms with van der Waals surface area (Å²) in [7, 11) is 1.69. The van der Waals surface area contributed by atoms with Crippen LogP contribution in [0.1, 0.15) is 16.8 Å². The summed E-state index contributed by atoms with van der Waals surface area (Å²) in [5.41, 5.74) is 2.42. The molecule has 0 saturated carbocycles. The number of nitrogens with zero attached hydrogens (tertiary/aromatic N) is 2. The predicted molar refractivity (Wildman–Crippen MR) is 74.7 cm³/mol. The average molecular weight is 276 g/mol. The Morgan fingerprint density at radius 3 is 2.75 bits per heavy atom. The molecule has 0 aliphatic carbocycles. The molecule has 0 bridgehead atoms. The molecule has 2 N–H and O–H groups in total. The summed E-state index contributed by atoms with van der Waals surface area (Å²) in [5, 5.41) is 10.1. The molecule has 2 rings (SSSR count). The van der Waals surface area contributed by atoms with E-state index >= 15 is 0 Å². The van der Waals surface area contributed by atoms with E-state index in [-0.39, 0.29) is 5.82 Å². The monoisotopic (exact) mass is 276 g/mol. The molecule has 0 aliphatic rings. The van der Waals surface area contributed by atoms with E-state index in [1.807, 2.05) is 6.07 Å². The van der Waals surface area contributed by atoms with E-state index < -0.39 is 0 Å². The molecule has 0 atom stereocenters. The minimum Gasteiger partial charge on any atom is -0.364 e. The second kappa shape index (κ2) is 6.70. The largest absolute Gasteiger partial charge is 0.364 e. The fraction of sp³-hybridized carbons (Fsp3) is 0.286. The second-order valence-electron chi connectivity index (χ2n) is 4.35. The van der Waals surface area contributed by atoms with Crippen molar-refractivity contribution in [3.8, 4) is 0 Å². The number of benzene rings is 1. The van der Waals surface area contributed by atoms with Gasteiger partial charge in [0.1, 0.15) is 17.8 Å². The molecule has 0 aliphatic heterocycles. The number of aryl methyl sites for hydroxylation is 1. The molecule has 0 radical (unpaired) electrons. The fourth-order valence-corrected chi connectivity index (χ4v) is 1.73. The highest BCUT2D eigenvalue weighted by Gasteiger charge is 2.02. The summed E-state index contributed by atoms with van der Waals surface area (Å²) in [5.74, 6) is 0.456. The van der Waals surface area contributed by atoms with Crippen LogP contribution in [0.25, 0.3) is 0 Å². The molecule has 1 aromatic heterocycles. The Kier molecular flexibility index (Phi) is 4.70. The third-order valence-electron chi connectivity index (χ3n) is 2.83. The Hall–Kier alpha value is -2.37. The molecule has 1 heterocycles. The maximum atomic E-state index is 13.2. The van der Waals surface area contributed by atoms with Gasteiger partial charge < -0.3 is 15.2 Å². The van der Waals surface area contributed by atoms with Gasteiger partial charge in [0.05, 0.1) is 6.54 Å². The van der Waals surface area contributed by atoms with Crippen LogP contribution in [0.15, 0.2) is 40.0 Å². The van der Waals surface area contributed by atoms with Crippen molar-refractivity contribution in [2.45, 2.75) is 20.0 Å². The zero-order valence-electron chi connectivity index (χ0n) is 11.5. The first-order chi connectivity index (χ1) is 9.69. The molecule has 2 aromatic rings. The van der Waals surface area contributed by atoms with Gasteiger partial charge in [-0.3, -0.25) is 4.99 Å². The Balaban J connectivity index is 1.85. The van der Waals surface area contributed by atoms with E-state index in [1.54, 1.807) is 26.1 Å². The molecule has 106 valence electrons. The Labute approximate surface area is 116 Å². The van der Waals surface area contributed by atoms with Gasteiger partial charge in [-0.15, -0.1) is 0 Å². The van der Waals surface area contributed by atoms with Crippen LogP contribution in [-0.2, 0) is 13.1 Å². The van der Waals surface area contributed by atoms with Crippen molar-refractivity contribution in [3.63, 3.8) is 0 Å². The van der Waals surface area contributed by atoms with Gasteiger partial charge in [0, 0.05) is 19.7 Å². The molecule has 0 spiro atoms. The number of halogens is 1. The first-order valence-corrected chi connectivity index (χ1v) is 6.28. The van der Waals surface area contributed by atoms with Gasteiger partial charge in [0.2, 0.25) is 0 Å². The first-order valence-electron chi connectivity index (χ1n) is 6.28. The highest BCUT2D eigenvalue weighted by Crippen LogP contribution is 2.08. The van der Waals surface area contributed by atoms with Gasteiger partial charge in [-0.2, -0.15) is 0 Å². The quantitative estimate of drug-likeness (QED) is 0.662. The second-order valence-corrected chi connectivity index (χ2v) is 4.35. The highest BCUT2D eigenvalue weighted by atomic mass is 19.1. The van der Waals surface area contributed by atoms with E-state index in [4.69, 9.17) is 4.52 Å². The van der Waals surface area contributed by atoms with Crippen molar-refractivity contribution in [3.05, 3.63) is 53.2 Å². The Morgan fingerprint density at radius 1 is 1.30 bits per heavy atom. The topological polar surface area (TPSA) is 62.5 Å². The van der Waals surface area contributed by atoms with Crippen LogP contribution in [0.5, 0.6) is 0 Å². The first kappa shape index (κ1) is 14.0. The molecule has 1 aromatic carbocycles. The lowest BCUT2D eigenvalue weighted by atomic mass is 10.1. The van der Waals surface area contributed by atoms with Crippen molar-refractivity contribution in [2.24, 2.45) is 4.99 Å². The summed E-state index contributed by atoms with van der Waals surface area (Å²) in [6.45, 7) is 2.84. The maximum absolute atomic E-state index is 13.2. The standard InChI is InChI=1S/C14H17FN4O/c1-10-7-11(3-4-13(10)15)8-17-14(16-2)18-9-12-5-6-20-19-12/h3-7H,8-9H2,1-2H3,(H2,16,17,18). The molecule has 6 heteroatoms. The van der Waals surface area contributed by atoms with Gasteiger partial charge in [0.15, 0.2) is 5.96 Å². The fourth-order valence-electron chi connectivity index (χ4n) is 1.73. The summed E-state index contributed by atoms with van der Waals surface area (Å²) in [4.78, 5) is 4.10. The van der Waals surface area contributed by atoms with Crippen LogP contribution in [0, 0.1) is 12.7 Å². The maximum Gasteiger partial charge on any atom is 0.191 e. The van der Waals surface area contributed by atoms with Crippen LogP contribution in [-0.4, -0.2) is 18.2 Å². The summed E-state index contributed by atoms with van der Waals surface area (Å²) < 4.78 is 17.9. The van der Waals surface area contributed by atoms with Crippen molar-refractivity contribution in [2.75, 3.05) is 7.05 Å². The minimum absolute atomic E-state index is 0.192.